The van der Waals surface area contributed by atoms with Crippen LogP contribution in [-0.2, 0) is 0 Å². The van der Waals surface area contributed by atoms with Crippen LogP contribution < -0.4 is 14.2 Å². The van der Waals surface area contributed by atoms with Crippen LogP contribution in [0.25, 0.3) is 22.2 Å². The van der Waals surface area contributed by atoms with E-state index in [2.05, 4.69) is 9.97 Å². The van der Waals surface area contributed by atoms with Gasteiger partial charge < -0.3 is 14.2 Å². The Labute approximate surface area is 137 Å². The normalized spacial score (nSPS) is 13.1. The molecule has 0 amide bonds. The van der Waals surface area contributed by atoms with E-state index in [-0.39, 0.29) is 0 Å². The van der Waals surface area contributed by atoms with E-state index in [9.17, 15) is 0 Å². The molecule has 3 aromatic rings. The summed E-state index contributed by atoms with van der Waals surface area (Å²) < 4.78 is 16.3. The van der Waals surface area contributed by atoms with Crippen LogP contribution in [0.15, 0.2) is 36.4 Å². The van der Waals surface area contributed by atoms with Gasteiger partial charge in [0.1, 0.15) is 24.1 Å². The quantitative estimate of drug-likeness (QED) is 0.671. The second-order valence-corrected chi connectivity index (χ2v) is 5.44. The van der Waals surface area contributed by atoms with Crippen LogP contribution in [0.1, 0.15) is 0 Å². The number of aromatic nitrogens is 2. The molecule has 4 rings (SSSR count). The number of pyridine rings is 2. The summed E-state index contributed by atoms with van der Waals surface area (Å²) in [5.41, 5.74) is 1.36. The summed E-state index contributed by atoms with van der Waals surface area (Å²) >= 11 is 6.32. The van der Waals surface area contributed by atoms with Crippen LogP contribution in [0.2, 0.25) is 5.15 Å². The summed E-state index contributed by atoms with van der Waals surface area (Å²) in [6.45, 7) is 1.03. The topological polar surface area (TPSA) is 53.5 Å². The van der Waals surface area contributed by atoms with Crippen molar-refractivity contribution in [2.24, 2.45) is 0 Å². The molecular weight excluding hydrogens is 316 g/mol. The summed E-state index contributed by atoms with van der Waals surface area (Å²) in [6, 6.07) is 11.3. The number of fused-ring (bicyclic) bond motifs is 2. The zero-order chi connectivity index (χ0) is 15.8. The Balaban J connectivity index is 1.85. The zero-order valence-corrected chi connectivity index (χ0v) is 13.1. The number of halogens is 1. The molecule has 3 heterocycles. The van der Waals surface area contributed by atoms with Gasteiger partial charge in [0.05, 0.1) is 18.5 Å². The van der Waals surface area contributed by atoms with Gasteiger partial charge in [0.25, 0.3) is 5.88 Å². The highest BCUT2D eigenvalue weighted by Gasteiger charge is 2.15. The molecule has 1 aromatic carbocycles. The molecular formula is C17H13ClN2O3. The van der Waals surface area contributed by atoms with Gasteiger partial charge in [-0.2, -0.15) is 0 Å². The fourth-order valence-electron chi connectivity index (χ4n) is 2.53. The van der Waals surface area contributed by atoms with Crippen molar-refractivity contribution < 1.29 is 14.2 Å². The summed E-state index contributed by atoms with van der Waals surface area (Å²) in [5, 5.41) is 2.24. The van der Waals surface area contributed by atoms with E-state index < -0.39 is 0 Å². The van der Waals surface area contributed by atoms with Crippen molar-refractivity contribution in [1.82, 2.24) is 9.97 Å². The van der Waals surface area contributed by atoms with E-state index in [1.54, 1.807) is 7.11 Å². The molecule has 0 saturated carbocycles. The zero-order valence-electron chi connectivity index (χ0n) is 12.4. The van der Waals surface area contributed by atoms with Crippen molar-refractivity contribution in [1.29, 1.82) is 0 Å². The Morgan fingerprint density at radius 1 is 1.00 bits per heavy atom. The van der Waals surface area contributed by atoms with Crippen LogP contribution in [-0.4, -0.2) is 30.3 Å². The van der Waals surface area contributed by atoms with E-state index in [1.165, 1.54) is 0 Å². The molecule has 1 aliphatic rings. The number of hydrogen-bond donors (Lipinski definition) is 0. The second kappa shape index (κ2) is 5.59. The molecule has 1 aliphatic heterocycles. The summed E-state index contributed by atoms with van der Waals surface area (Å²) in [5.74, 6) is 1.90. The maximum absolute atomic E-state index is 6.32. The molecule has 0 N–H and O–H groups in total. The highest BCUT2D eigenvalue weighted by atomic mass is 35.5. The fourth-order valence-corrected chi connectivity index (χ4v) is 2.79. The minimum Gasteiger partial charge on any atom is -0.497 e. The minimum atomic E-state index is 0.428. The average Bonchev–Trinajstić information content (AvgIpc) is 2.60. The standard InChI is InChI=1S/C17H13ClN2O3/c1-21-11-2-3-12-10(8-11)9-14(19-16(12)18)13-4-5-15-17(20-13)23-7-6-22-15/h2-5,8-9H,6-7H2,1H3. The van der Waals surface area contributed by atoms with Gasteiger partial charge in [-0.1, -0.05) is 11.6 Å². The second-order valence-electron chi connectivity index (χ2n) is 5.08. The maximum Gasteiger partial charge on any atom is 0.257 e. The van der Waals surface area contributed by atoms with Gasteiger partial charge in [-0.05, 0) is 41.8 Å². The number of methoxy groups -OCH3 is 1. The molecule has 116 valence electrons. The number of nitrogens with zero attached hydrogens (tertiary/aromatic N) is 2. The molecule has 0 fully saturated rings. The first-order chi connectivity index (χ1) is 11.2. The summed E-state index contributed by atoms with van der Waals surface area (Å²) in [6.07, 6.45) is 0. The Kier molecular flexibility index (Phi) is 3.42. The Bertz CT molecular complexity index is 898. The summed E-state index contributed by atoms with van der Waals surface area (Å²) in [7, 11) is 1.63. The molecule has 6 heteroatoms. The molecule has 0 aliphatic carbocycles. The molecule has 0 spiro atoms. The van der Waals surface area contributed by atoms with Crippen molar-refractivity contribution >= 4 is 22.4 Å². The Hall–Kier alpha value is -2.53. The van der Waals surface area contributed by atoms with E-state index in [4.69, 9.17) is 25.8 Å². The molecule has 23 heavy (non-hydrogen) atoms. The highest BCUT2D eigenvalue weighted by Crippen LogP contribution is 2.33. The lowest BCUT2D eigenvalue weighted by Crippen LogP contribution is -2.16. The molecule has 0 unspecified atom stereocenters. The number of hydrogen-bond acceptors (Lipinski definition) is 5. The monoisotopic (exact) mass is 328 g/mol. The SMILES string of the molecule is COc1ccc2c(Cl)nc(-c3ccc4c(n3)OCCO4)cc2c1. The first kappa shape index (κ1) is 14.1. The van der Waals surface area contributed by atoms with E-state index in [1.807, 2.05) is 36.4 Å². The third-order valence-corrected chi connectivity index (χ3v) is 3.95. The lowest BCUT2D eigenvalue weighted by atomic mass is 10.1. The van der Waals surface area contributed by atoms with Crippen molar-refractivity contribution in [3.8, 4) is 28.8 Å². The van der Waals surface area contributed by atoms with Crippen LogP contribution >= 0.6 is 11.6 Å². The number of ether oxygens (including phenoxy) is 3. The molecule has 0 saturated heterocycles. The minimum absolute atomic E-state index is 0.428. The molecule has 0 atom stereocenters. The first-order valence-corrected chi connectivity index (χ1v) is 7.54. The molecule has 2 aromatic heterocycles. The average molecular weight is 329 g/mol. The number of rotatable bonds is 2. The summed E-state index contributed by atoms with van der Waals surface area (Å²) in [4.78, 5) is 8.92. The lowest BCUT2D eigenvalue weighted by molar-refractivity contribution is 0.164. The van der Waals surface area contributed by atoms with Crippen molar-refractivity contribution in [3.05, 3.63) is 41.6 Å². The number of benzene rings is 1. The van der Waals surface area contributed by atoms with Crippen molar-refractivity contribution in [3.63, 3.8) is 0 Å². The van der Waals surface area contributed by atoms with E-state index in [0.29, 0.717) is 41.4 Å². The maximum atomic E-state index is 6.32. The van der Waals surface area contributed by atoms with Gasteiger partial charge in [0.15, 0.2) is 5.75 Å². The van der Waals surface area contributed by atoms with Gasteiger partial charge in [-0.15, -0.1) is 0 Å². The van der Waals surface area contributed by atoms with Gasteiger partial charge in [0.2, 0.25) is 0 Å². The van der Waals surface area contributed by atoms with Gasteiger partial charge in [-0.3, -0.25) is 0 Å². The smallest absolute Gasteiger partial charge is 0.257 e. The Morgan fingerprint density at radius 2 is 1.87 bits per heavy atom. The van der Waals surface area contributed by atoms with Crippen LogP contribution in [0.4, 0.5) is 0 Å². The third kappa shape index (κ3) is 2.53. The van der Waals surface area contributed by atoms with Gasteiger partial charge >= 0.3 is 0 Å². The van der Waals surface area contributed by atoms with Crippen molar-refractivity contribution in [2.75, 3.05) is 20.3 Å². The highest BCUT2D eigenvalue weighted by molar-refractivity contribution is 6.34. The van der Waals surface area contributed by atoms with E-state index in [0.717, 1.165) is 16.5 Å². The lowest BCUT2D eigenvalue weighted by Gasteiger charge is -2.17. The van der Waals surface area contributed by atoms with Crippen LogP contribution in [0.5, 0.6) is 17.4 Å². The first-order valence-electron chi connectivity index (χ1n) is 7.16. The van der Waals surface area contributed by atoms with Gasteiger partial charge in [-0.25, -0.2) is 9.97 Å². The predicted octanol–water partition coefficient (Wildman–Crippen LogP) is 3.73. The third-order valence-electron chi connectivity index (χ3n) is 3.66. The largest absolute Gasteiger partial charge is 0.497 e. The van der Waals surface area contributed by atoms with Crippen LogP contribution in [0, 0.1) is 0 Å². The van der Waals surface area contributed by atoms with Crippen LogP contribution in [0.3, 0.4) is 0 Å². The van der Waals surface area contributed by atoms with E-state index >= 15 is 0 Å². The Morgan fingerprint density at radius 3 is 2.74 bits per heavy atom. The fraction of sp³-hybridized carbons (Fsp3) is 0.176. The predicted molar refractivity (Wildman–Crippen MR) is 87.5 cm³/mol. The molecule has 0 radical (unpaired) electrons. The van der Waals surface area contributed by atoms with Crippen molar-refractivity contribution in [2.45, 2.75) is 0 Å². The molecule has 5 nitrogen and oxygen atoms in total. The van der Waals surface area contributed by atoms with Gasteiger partial charge in [0, 0.05) is 5.39 Å². The molecule has 0 bridgehead atoms.